The van der Waals surface area contributed by atoms with Gasteiger partial charge in [0, 0.05) is 17.2 Å². The van der Waals surface area contributed by atoms with E-state index in [1.807, 2.05) is 0 Å². The highest BCUT2D eigenvalue weighted by molar-refractivity contribution is 6.40. The van der Waals surface area contributed by atoms with Crippen LogP contribution < -0.4 is 4.74 Å². The molecule has 126 valence electrons. The molecule has 0 aliphatic heterocycles. The largest absolute Gasteiger partial charge is 0.450 e. The monoisotopic (exact) mass is 390 g/mol. The molecule has 0 aromatic heterocycles. The lowest BCUT2D eigenvalue weighted by atomic mass is 10.3. The van der Waals surface area contributed by atoms with Gasteiger partial charge in [0.25, 0.3) is 0 Å². The molecule has 1 aromatic rings. The Morgan fingerprint density at radius 1 is 1.09 bits per heavy atom. The van der Waals surface area contributed by atoms with Crippen LogP contribution in [0.5, 0.6) is 5.75 Å². The molecule has 0 spiro atoms. The van der Waals surface area contributed by atoms with Crippen LogP contribution in [-0.2, 0) is 14.3 Å². The standard InChI is InChI=1S/C13H8Cl3F3O4/c1-6(13(17,18)19)22-10(20)2-3-11(21)23-12-8(15)4-7(14)5-9(12)16/h2-6H,1H3/b3-2+. The van der Waals surface area contributed by atoms with Gasteiger partial charge in [0.2, 0.25) is 0 Å². The van der Waals surface area contributed by atoms with E-state index in [0.29, 0.717) is 19.1 Å². The van der Waals surface area contributed by atoms with E-state index in [0.717, 1.165) is 0 Å². The van der Waals surface area contributed by atoms with Crippen molar-refractivity contribution in [1.82, 2.24) is 0 Å². The molecule has 0 amide bonds. The summed E-state index contributed by atoms with van der Waals surface area (Å²) in [5, 5.41) is 0.0927. The maximum atomic E-state index is 12.2. The van der Waals surface area contributed by atoms with Crippen LogP contribution in [0.1, 0.15) is 6.92 Å². The minimum atomic E-state index is -4.70. The molecular formula is C13H8Cl3F3O4. The van der Waals surface area contributed by atoms with Crippen LogP contribution in [0.4, 0.5) is 13.2 Å². The van der Waals surface area contributed by atoms with Crippen molar-refractivity contribution >= 4 is 46.7 Å². The third-order valence-corrected chi connectivity index (χ3v) is 3.05. The molecule has 1 rings (SSSR count). The summed E-state index contributed by atoms with van der Waals surface area (Å²) >= 11 is 17.2. The Labute approximate surface area is 143 Å². The van der Waals surface area contributed by atoms with Gasteiger partial charge in [0.15, 0.2) is 11.9 Å². The number of ether oxygens (including phenoxy) is 2. The summed E-state index contributed by atoms with van der Waals surface area (Å²) in [6.07, 6.45) is -5.94. The van der Waals surface area contributed by atoms with Gasteiger partial charge in [-0.3, -0.25) is 0 Å². The Hall–Kier alpha value is -1.44. The molecule has 4 nitrogen and oxygen atoms in total. The van der Waals surface area contributed by atoms with Crippen molar-refractivity contribution in [2.75, 3.05) is 0 Å². The Morgan fingerprint density at radius 3 is 2.04 bits per heavy atom. The summed E-state index contributed by atoms with van der Waals surface area (Å²) in [6, 6.07) is 2.53. The molecule has 1 atom stereocenters. The van der Waals surface area contributed by atoms with E-state index in [1.165, 1.54) is 12.1 Å². The zero-order chi connectivity index (χ0) is 17.8. The Kier molecular flexibility index (Phi) is 6.73. The molecule has 0 fully saturated rings. The minimum Gasteiger partial charge on any atom is -0.450 e. The molecule has 10 heteroatoms. The lowest BCUT2D eigenvalue weighted by Gasteiger charge is -2.14. The number of esters is 2. The van der Waals surface area contributed by atoms with Gasteiger partial charge in [0.05, 0.1) is 10.0 Å². The number of rotatable bonds is 4. The summed E-state index contributed by atoms with van der Waals surface area (Å²) in [5.41, 5.74) is 0. The predicted octanol–water partition coefficient (Wildman–Crippen LogP) is 4.60. The van der Waals surface area contributed by atoms with E-state index >= 15 is 0 Å². The SMILES string of the molecule is CC(OC(=O)/C=C/C(=O)Oc1c(Cl)cc(Cl)cc1Cl)C(F)(F)F. The average Bonchev–Trinajstić information content (AvgIpc) is 2.39. The second-order valence-corrected chi connectivity index (χ2v) is 5.32. The van der Waals surface area contributed by atoms with Crippen LogP contribution in [-0.4, -0.2) is 24.2 Å². The quantitative estimate of drug-likeness (QED) is 0.427. The Morgan fingerprint density at radius 2 is 1.57 bits per heavy atom. The van der Waals surface area contributed by atoms with Crippen molar-refractivity contribution in [2.45, 2.75) is 19.2 Å². The van der Waals surface area contributed by atoms with E-state index in [1.54, 1.807) is 0 Å². The topological polar surface area (TPSA) is 52.6 Å². The van der Waals surface area contributed by atoms with Crippen molar-refractivity contribution in [3.8, 4) is 5.75 Å². The average molecular weight is 392 g/mol. The van der Waals surface area contributed by atoms with Crippen molar-refractivity contribution in [3.05, 3.63) is 39.4 Å². The van der Waals surface area contributed by atoms with Gasteiger partial charge >= 0.3 is 18.1 Å². The Bertz CT molecular complexity index is 621. The zero-order valence-electron chi connectivity index (χ0n) is 11.3. The first-order chi connectivity index (χ1) is 10.5. The lowest BCUT2D eigenvalue weighted by molar-refractivity contribution is -0.213. The number of alkyl halides is 3. The molecular weight excluding hydrogens is 383 g/mol. The first-order valence-electron chi connectivity index (χ1n) is 5.82. The Balaban J connectivity index is 2.69. The zero-order valence-corrected chi connectivity index (χ0v) is 13.6. The highest BCUT2D eigenvalue weighted by atomic mass is 35.5. The molecule has 1 aromatic carbocycles. The van der Waals surface area contributed by atoms with Crippen LogP contribution in [0.3, 0.4) is 0 Å². The minimum absolute atomic E-state index is 0.0579. The van der Waals surface area contributed by atoms with Crippen LogP contribution in [0.15, 0.2) is 24.3 Å². The second kappa shape index (κ2) is 7.90. The van der Waals surface area contributed by atoms with Gasteiger partial charge < -0.3 is 9.47 Å². The van der Waals surface area contributed by atoms with Crippen LogP contribution in [0, 0.1) is 0 Å². The third kappa shape index (κ3) is 6.29. The van der Waals surface area contributed by atoms with E-state index in [9.17, 15) is 22.8 Å². The fourth-order valence-corrected chi connectivity index (χ4v) is 2.07. The van der Waals surface area contributed by atoms with Gasteiger partial charge in [-0.1, -0.05) is 34.8 Å². The number of carbonyl (C=O) groups is 2. The third-order valence-electron chi connectivity index (χ3n) is 2.28. The normalized spacial score (nSPS) is 13.0. The molecule has 23 heavy (non-hydrogen) atoms. The fourth-order valence-electron chi connectivity index (χ4n) is 1.18. The van der Waals surface area contributed by atoms with Gasteiger partial charge in [-0.05, 0) is 19.1 Å². The highest BCUT2D eigenvalue weighted by Gasteiger charge is 2.38. The maximum Gasteiger partial charge on any atom is 0.425 e. The van der Waals surface area contributed by atoms with E-state index < -0.39 is 24.2 Å². The van der Waals surface area contributed by atoms with Crippen molar-refractivity contribution in [1.29, 1.82) is 0 Å². The van der Waals surface area contributed by atoms with E-state index in [-0.39, 0.29) is 20.8 Å². The fraction of sp³-hybridized carbons (Fsp3) is 0.231. The summed E-state index contributed by atoms with van der Waals surface area (Å²) < 4.78 is 45.4. The van der Waals surface area contributed by atoms with Gasteiger partial charge in [-0.15, -0.1) is 0 Å². The van der Waals surface area contributed by atoms with Crippen molar-refractivity contribution < 1.29 is 32.2 Å². The maximum absolute atomic E-state index is 12.2. The second-order valence-electron chi connectivity index (χ2n) is 4.07. The first kappa shape index (κ1) is 19.6. The molecule has 1 unspecified atom stereocenters. The molecule has 0 radical (unpaired) electrons. The number of benzene rings is 1. The smallest absolute Gasteiger partial charge is 0.425 e. The molecule has 0 saturated carbocycles. The van der Waals surface area contributed by atoms with Crippen molar-refractivity contribution in [3.63, 3.8) is 0 Å². The molecule has 0 saturated heterocycles. The molecule has 0 bridgehead atoms. The van der Waals surface area contributed by atoms with E-state index in [4.69, 9.17) is 39.5 Å². The van der Waals surface area contributed by atoms with Crippen molar-refractivity contribution in [2.24, 2.45) is 0 Å². The number of hydrogen-bond donors (Lipinski definition) is 0. The summed E-state index contributed by atoms with van der Waals surface area (Å²) in [4.78, 5) is 22.6. The molecule has 0 heterocycles. The summed E-state index contributed by atoms with van der Waals surface area (Å²) in [7, 11) is 0. The summed E-state index contributed by atoms with van der Waals surface area (Å²) in [5.74, 6) is -2.66. The van der Waals surface area contributed by atoms with Crippen LogP contribution in [0.25, 0.3) is 0 Å². The number of halogens is 6. The van der Waals surface area contributed by atoms with E-state index in [2.05, 4.69) is 4.74 Å². The lowest BCUT2D eigenvalue weighted by Crippen LogP contribution is -2.30. The summed E-state index contributed by atoms with van der Waals surface area (Å²) in [6.45, 7) is 0.650. The first-order valence-corrected chi connectivity index (χ1v) is 6.96. The number of carbonyl (C=O) groups excluding carboxylic acids is 2. The van der Waals surface area contributed by atoms with Gasteiger partial charge in [-0.2, -0.15) is 13.2 Å². The van der Waals surface area contributed by atoms with Crippen LogP contribution in [0.2, 0.25) is 15.1 Å². The molecule has 0 N–H and O–H groups in total. The molecule has 0 aliphatic rings. The van der Waals surface area contributed by atoms with Gasteiger partial charge in [-0.25, -0.2) is 9.59 Å². The predicted molar refractivity (Wildman–Crippen MR) is 77.9 cm³/mol. The van der Waals surface area contributed by atoms with Gasteiger partial charge in [0.1, 0.15) is 0 Å². The molecule has 0 aliphatic carbocycles. The van der Waals surface area contributed by atoms with Crippen LogP contribution >= 0.6 is 34.8 Å². The number of hydrogen-bond acceptors (Lipinski definition) is 4. The highest BCUT2D eigenvalue weighted by Crippen LogP contribution is 2.35.